The largest absolute Gasteiger partial charge is 0.344 e. The molecule has 86 valence electrons. The first-order valence-corrected chi connectivity index (χ1v) is 5.92. The highest BCUT2D eigenvalue weighted by atomic mass is 14.9. The molecule has 0 aliphatic rings. The molecule has 16 heavy (non-hydrogen) atoms. The summed E-state index contributed by atoms with van der Waals surface area (Å²) in [6, 6.07) is 8.52. The van der Waals surface area contributed by atoms with E-state index in [2.05, 4.69) is 61.9 Å². The third-order valence-electron chi connectivity index (χ3n) is 2.74. The van der Waals surface area contributed by atoms with Crippen molar-refractivity contribution in [2.45, 2.75) is 27.7 Å². The first kappa shape index (κ1) is 12.6. The Morgan fingerprint density at radius 2 is 1.75 bits per heavy atom. The maximum atomic E-state index is 2.24. The maximum Gasteiger partial charge on any atom is 0.0485 e. The van der Waals surface area contributed by atoms with E-state index in [0.717, 1.165) is 0 Å². The normalized spacial score (nSPS) is 10.6. The molecule has 0 spiro atoms. The van der Waals surface area contributed by atoms with E-state index in [0.29, 0.717) is 0 Å². The van der Waals surface area contributed by atoms with Gasteiger partial charge < -0.3 is 4.57 Å². The maximum absolute atomic E-state index is 2.24. The molecule has 0 aliphatic heterocycles. The van der Waals surface area contributed by atoms with E-state index in [4.69, 9.17) is 0 Å². The fraction of sp³-hybridized carbons (Fsp3) is 0.333. The van der Waals surface area contributed by atoms with Gasteiger partial charge in [-0.1, -0.05) is 38.1 Å². The van der Waals surface area contributed by atoms with Crippen molar-refractivity contribution in [3.8, 4) is 0 Å². The molecule has 1 heteroatoms. The van der Waals surface area contributed by atoms with Crippen molar-refractivity contribution in [3.05, 3.63) is 41.6 Å². The number of hydrogen-bond donors (Lipinski definition) is 0. The quantitative estimate of drug-likeness (QED) is 0.658. The van der Waals surface area contributed by atoms with Gasteiger partial charge in [0, 0.05) is 23.6 Å². The Hall–Kier alpha value is -1.50. The second-order valence-corrected chi connectivity index (χ2v) is 3.59. The highest BCUT2D eigenvalue weighted by molar-refractivity contribution is 5.87. The molecule has 0 N–H and O–H groups in total. The standard InChI is InChI=1S/C13H15N.C2H6/c1-4-7-12-10(2)11-8-5-6-9-13(11)14(12)3;1-2/h4-9H,1-3H3;1-2H3/b7-4-;. The van der Waals surface area contributed by atoms with Crippen molar-refractivity contribution in [2.24, 2.45) is 7.05 Å². The van der Waals surface area contributed by atoms with E-state index in [1.165, 1.54) is 22.2 Å². The Labute approximate surface area is 98.4 Å². The van der Waals surface area contributed by atoms with Gasteiger partial charge in [-0.05, 0) is 31.6 Å². The summed E-state index contributed by atoms with van der Waals surface area (Å²) in [7, 11) is 2.12. The molecule has 0 atom stereocenters. The summed E-state index contributed by atoms with van der Waals surface area (Å²) in [5.74, 6) is 0. The third-order valence-corrected chi connectivity index (χ3v) is 2.74. The van der Waals surface area contributed by atoms with Crippen LogP contribution in [0.1, 0.15) is 32.0 Å². The van der Waals surface area contributed by atoms with E-state index < -0.39 is 0 Å². The summed E-state index contributed by atoms with van der Waals surface area (Å²) in [6.45, 7) is 8.23. The van der Waals surface area contributed by atoms with E-state index in [-0.39, 0.29) is 0 Å². The lowest BCUT2D eigenvalue weighted by molar-refractivity contribution is 0.948. The molecule has 1 aromatic carbocycles. The zero-order valence-electron chi connectivity index (χ0n) is 10.9. The molecule has 1 nitrogen and oxygen atoms in total. The summed E-state index contributed by atoms with van der Waals surface area (Å²) in [4.78, 5) is 0. The van der Waals surface area contributed by atoms with Gasteiger partial charge in [-0.25, -0.2) is 0 Å². The summed E-state index contributed by atoms with van der Waals surface area (Å²) in [5, 5.41) is 1.35. The lowest BCUT2D eigenvalue weighted by Crippen LogP contribution is -1.90. The van der Waals surface area contributed by atoms with Gasteiger partial charge in [0.1, 0.15) is 0 Å². The van der Waals surface area contributed by atoms with Crippen molar-refractivity contribution in [2.75, 3.05) is 0 Å². The number of nitrogens with zero attached hydrogens (tertiary/aromatic N) is 1. The van der Waals surface area contributed by atoms with Crippen LogP contribution in [0.3, 0.4) is 0 Å². The molecule has 0 amide bonds. The second-order valence-electron chi connectivity index (χ2n) is 3.59. The van der Waals surface area contributed by atoms with Crippen LogP contribution in [-0.4, -0.2) is 4.57 Å². The predicted molar refractivity (Wildman–Crippen MR) is 73.7 cm³/mol. The molecular formula is C15H21N. The molecule has 0 aliphatic carbocycles. The van der Waals surface area contributed by atoms with Crippen LogP contribution in [0.2, 0.25) is 0 Å². The number of fused-ring (bicyclic) bond motifs is 1. The molecule has 0 bridgehead atoms. The molecule has 0 fully saturated rings. The average molecular weight is 215 g/mol. The first-order chi connectivity index (χ1) is 7.75. The first-order valence-electron chi connectivity index (χ1n) is 5.92. The molecule has 1 heterocycles. The fourth-order valence-electron chi connectivity index (χ4n) is 2.00. The van der Waals surface area contributed by atoms with Crippen LogP contribution < -0.4 is 0 Å². The Balaban J connectivity index is 0.000000606. The smallest absolute Gasteiger partial charge is 0.0485 e. The van der Waals surface area contributed by atoms with Crippen molar-refractivity contribution in [3.63, 3.8) is 0 Å². The minimum absolute atomic E-state index is 1.30. The van der Waals surface area contributed by atoms with Crippen LogP contribution in [0.25, 0.3) is 17.0 Å². The Morgan fingerprint density at radius 1 is 1.12 bits per heavy atom. The number of aromatic nitrogens is 1. The van der Waals surface area contributed by atoms with Gasteiger partial charge in [0.25, 0.3) is 0 Å². The zero-order valence-corrected chi connectivity index (χ0v) is 10.9. The van der Waals surface area contributed by atoms with Crippen LogP contribution in [0.15, 0.2) is 30.3 Å². The van der Waals surface area contributed by atoms with E-state index in [9.17, 15) is 0 Å². The molecule has 0 radical (unpaired) electrons. The zero-order chi connectivity index (χ0) is 12.1. The Morgan fingerprint density at radius 3 is 2.31 bits per heavy atom. The van der Waals surface area contributed by atoms with Crippen molar-refractivity contribution in [1.29, 1.82) is 0 Å². The highest BCUT2D eigenvalue weighted by Crippen LogP contribution is 2.24. The molecule has 2 rings (SSSR count). The van der Waals surface area contributed by atoms with Crippen LogP contribution in [0, 0.1) is 6.92 Å². The lowest BCUT2D eigenvalue weighted by atomic mass is 10.1. The number of benzene rings is 1. The fourth-order valence-corrected chi connectivity index (χ4v) is 2.00. The van der Waals surface area contributed by atoms with Gasteiger partial charge >= 0.3 is 0 Å². The number of para-hydroxylation sites is 1. The van der Waals surface area contributed by atoms with Crippen LogP contribution in [0.4, 0.5) is 0 Å². The van der Waals surface area contributed by atoms with Crippen LogP contribution >= 0.6 is 0 Å². The van der Waals surface area contributed by atoms with E-state index in [1.807, 2.05) is 13.8 Å². The summed E-state index contributed by atoms with van der Waals surface area (Å²) >= 11 is 0. The molecule has 0 unspecified atom stereocenters. The van der Waals surface area contributed by atoms with Crippen LogP contribution in [0.5, 0.6) is 0 Å². The van der Waals surface area contributed by atoms with Gasteiger partial charge in [-0.3, -0.25) is 0 Å². The highest BCUT2D eigenvalue weighted by Gasteiger charge is 2.07. The van der Waals surface area contributed by atoms with Gasteiger partial charge in [0.05, 0.1) is 0 Å². The minimum atomic E-state index is 1.30. The van der Waals surface area contributed by atoms with Gasteiger partial charge in [-0.15, -0.1) is 0 Å². The number of hydrogen-bond acceptors (Lipinski definition) is 0. The number of rotatable bonds is 1. The van der Waals surface area contributed by atoms with Gasteiger partial charge in [0.15, 0.2) is 0 Å². The second kappa shape index (κ2) is 5.55. The number of aryl methyl sites for hydroxylation is 2. The topological polar surface area (TPSA) is 4.93 Å². The van der Waals surface area contributed by atoms with Crippen molar-refractivity contribution >= 4 is 17.0 Å². The Kier molecular flexibility index (Phi) is 4.36. The third kappa shape index (κ3) is 2.04. The van der Waals surface area contributed by atoms with Crippen molar-refractivity contribution in [1.82, 2.24) is 4.57 Å². The van der Waals surface area contributed by atoms with Crippen LogP contribution in [-0.2, 0) is 7.05 Å². The van der Waals surface area contributed by atoms with E-state index in [1.54, 1.807) is 0 Å². The molecule has 2 aromatic rings. The SMILES string of the molecule is C/C=C\c1c(C)c2ccccc2n1C.CC. The monoisotopic (exact) mass is 215 g/mol. The molecular weight excluding hydrogens is 194 g/mol. The number of allylic oxidation sites excluding steroid dienone is 1. The van der Waals surface area contributed by atoms with Gasteiger partial charge in [-0.2, -0.15) is 0 Å². The molecule has 1 aromatic heterocycles. The summed E-state index contributed by atoms with van der Waals surface area (Å²) < 4.78 is 2.24. The molecule has 0 saturated carbocycles. The van der Waals surface area contributed by atoms with Gasteiger partial charge in [0.2, 0.25) is 0 Å². The summed E-state index contributed by atoms with van der Waals surface area (Å²) in [5.41, 5.74) is 3.97. The van der Waals surface area contributed by atoms with Crippen molar-refractivity contribution < 1.29 is 0 Å². The lowest BCUT2D eigenvalue weighted by Gasteiger charge is -1.98. The molecule has 0 saturated heterocycles. The minimum Gasteiger partial charge on any atom is -0.344 e. The predicted octanol–water partition coefficient (Wildman–Crippen LogP) is 4.55. The Bertz CT molecular complexity index is 450. The van der Waals surface area contributed by atoms with E-state index >= 15 is 0 Å². The average Bonchev–Trinajstić information content (AvgIpc) is 2.58. The summed E-state index contributed by atoms with van der Waals surface area (Å²) in [6.07, 6.45) is 4.25.